The van der Waals surface area contributed by atoms with Crippen LogP contribution in [0.4, 0.5) is 13.2 Å². The number of carbonyl (C=O) groups is 1. The number of nitrogens with one attached hydrogen (secondary N) is 1. The van der Waals surface area contributed by atoms with E-state index in [1.807, 2.05) is 0 Å². The third-order valence-corrected chi connectivity index (χ3v) is 3.46. The van der Waals surface area contributed by atoms with Crippen molar-refractivity contribution in [2.24, 2.45) is 5.73 Å². The zero-order valence-electron chi connectivity index (χ0n) is 9.87. The molecule has 0 saturated carbocycles. The number of halogens is 3. The average Bonchev–Trinajstić information content (AvgIpc) is 2.35. The fraction of sp³-hybridized carbons (Fsp3) is 0.364. The zero-order chi connectivity index (χ0) is 14.5. The third kappa shape index (κ3) is 4.99. The number of rotatable bonds is 5. The van der Waals surface area contributed by atoms with Crippen LogP contribution in [0.2, 0.25) is 0 Å². The van der Waals surface area contributed by atoms with Crippen LogP contribution in [-0.4, -0.2) is 29.0 Å². The number of carbonyl (C=O) groups excluding carboxylic acids is 1. The van der Waals surface area contributed by atoms with Crippen LogP contribution in [0.15, 0.2) is 29.2 Å². The van der Waals surface area contributed by atoms with Gasteiger partial charge in [-0.2, -0.15) is 13.2 Å². The lowest BCUT2D eigenvalue weighted by Crippen LogP contribution is -2.32. The molecule has 0 spiro atoms. The second kappa shape index (κ2) is 6.67. The summed E-state index contributed by atoms with van der Waals surface area (Å²) in [7, 11) is -1.81. The van der Waals surface area contributed by atoms with Gasteiger partial charge in [-0.05, 0) is 18.2 Å². The molecule has 19 heavy (non-hydrogen) atoms. The van der Waals surface area contributed by atoms with Gasteiger partial charge in [0.05, 0.1) is 16.4 Å². The highest BCUT2D eigenvalue weighted by Crippen LogP contribution is 2.30. The molecule has 0 fully saturated rings. The van der Waals surface area contributed by atoms with E-state index in [4.69, 9.17) is 5.73 Å². The van der Waals surface area contributed by atoms with Crippen LogP contribution < -0.4 is 11.1 Å². The van der Waals surface area contributed by atoms with E-state index in [-0.39, 0.29) is 23.7 Å². The Labute approximate surface area is 110 Å². The van der Waals surface area contributed by atoms with Crippen LogP contribution >= 0.6 is 0 Å². The lowest BCUT2D eigenvalue weighted by Gasteiger charge is -2.08. The van der Waals surface area contributed by atoms with Gasteiger partial charge in [0.2, 0.25) is 5.91 Å². The van der Waals surface area contributed by atoms with E-state index in [2.05, 4.69) is 5.32 Å². The van der Waals surface area contributed by atoms with Crippen LogP contribution in [0.25, 0.3) is 0 Å². The second-order valence-electron chi connectivity index (χ2n) is 3.65. The lowest BCUT2D eigenvalue weighted by molar-refractivity contribution is -0.137. The molecule has 3 N–H and O–H groups in total. The van der Waals surface area contributed by atoms with E-state index in [1.165, 1.54) is 6.07 Å². The molecule has 0 aliphatic carbocycles. The first-order valence-electron chi connectivity index (χ1n) is 5.37. The molecule has 0 aliphatic heterocycles. The Morgan fingerprint density at radius 2 is 2.05 bits per heavy atom. The Kier molecular flexibility index (Phi) is 5.49. The van der Waals surface area contributed by atoms with E-state index in [9.17, 15) is 22.2 Å². The highest BCUT2D eigenvalue weighted by Gasteiger charge is 2.30. The summed E-state index contributed by atoms with van der Waals surface area (Å²) in [4.78, 5) is 11.3. The first kappa shape index (κ1) is 15.6. The molecular weight excluding hydrogens is 281 g/mol. The highest BCUT2D eigenvalue weighted by atomic mass is 32.2. The summed E-state index contributed by atoms with van der Waals surface area (Å²) in [5.41, 5.74) is 4.28. The minimum absolute atomic E-state index is 0.0299. The van der Waals surface area contributed by atoms with Crippen molar-refractivity contribution in [1.82, 2.24) is 5.32 Å². The van der Waals surface area contributed by atoms with Gasteiger partial charge in [0.1, 0.15) is 5.75 Å². The molecule has 1 rings (SSSR count). The standard InChI is InChI=1S/C11H13F3N2O2S/c12-11(13,14)8-2-1-3-9(6-8)19(18)7-10(17)16-5-4-15/h1-3,6H,4-5,7,15H2,(H,16,17). The van der Waals surface area contributed by atoms with Crippen molar-refractivity contribution in [3.8, 4) is 0 Å². The fourth-order valence-corrected chi connectivity index (χ4v) is 2.27. The number of amides is 1. The molecule has 8 heteroatoms. The molecule has 1 aromatic rings. The molecule has 0 aromatic heterocycles. The summed E-state index contributed by atoms with van der Waals surface area (Å²) in [6.07, 6.45) is -4.50. The van der Waals surface area contributed by atoms with Gasteiger partial charge in [-0.1, -0.05) is 6.07 Å². The average molecular weight is 294 g/mol. The van der Waals surface area contributed by atoms with Gasteiger partial charge < -0.3 is 11.1 Å². The van der Waals surface area contributed by atoms with Gasteiger partial charge >= 0.3 is 6.18 Å². The molecule has 1 atom stereocenters. The highest BCUT2D eigenvalue weighted by molar-refractivity contribution is 7.85. The van der Waals surface area contributed by atoms with Crippen molar-refractivity contribution in [2.45, 2.75) is 11.1 Å². The normalized spacial score (nSPS) is 13.1. The quantitative estimate of drug-likeness (QED) is 0.847. The van der Waals surface area contributed by atoms with Crippen LogP contribution in [0.1, 0.15) is 5.56 Å². The minimum atomic E-state index is -4.50. The molecule has 106 valence electrons. The maximum absolute atomic E-state index is 12.5. The van der Waals surface area contributed by atoms with Gasteiger partial charge in [-0.3, -0.25) is 9.00 Å². The van der Waals surface area contributed by atoms with Crippen molar-refractivity contribution in [3.63, 3.8) is 0 Å². The van der Waals surface area contributed by atoms with E-state index in [1.54, 1.807) is 0 Å². The van der Waals surface area contributed by atoms with Crippen molar-refractivity contribution < 1.29 is 22.2 Å². The summed E-state index contributed by atoms with van der Waals surface area (Å²) in [6, 6.07) is 4.12. The van der Waals surface area contributed by atoms with Crippen molar-refractivity contribution in [2.75, 3.05) is 18.8 Å². The maximum Gasteiger partial charge on any atom is 0.416 e. The molecule has 1 unspecified atom stereocenters. The van der Waals surface area contributed by atoms with E-state index < -0.39 is 28.4 Å². The summed E-state index contributed by atoms with van der Waals surface area (Å²) < 4.78 is 49.2. The number of hydrogen-bond donors (Lipinski definition) is 2. The number of alkyl halides is 3. The lowest BCUT2D eigenvalue weighted by atomic mass is 10.2. The van der Waals surface area contributed by atoms with E-state index in [0.717, 1.165) is 18.2 Å². The van der Waals surface area contributed by atoms with Crippen molar-refractivity contribution >= 4 is 16.7 Å². The third-order valence-electron chi connectivity index (χ3n) is 2.15. The summed E-state index contributed by atoms with van der Waals surface area (Å²) >= 11 is 0. The number of hydrogen-bond acceptors (Lipinski definition) is 3. The minimum Gasteiger partial charge on any atom is -0.354 e. The molecule has 0 bridgehead atoms. The first-order chi connectivity index (χ1) is 8.84. The summed E-state index contributed by atoms with van der Waals surface area (Å²) in [6.45, 7) is 0.473. The van der Waals surface area contributed by atoms with Crippen LogP contribution in [0, 0.1) is 0 Å². The molecule has 4 nitrogen and oxygen atoms in total. The Balaban J connectivity index is 2.75. The molecule has 1 amide bonds. The molecule has 0 aliphatic rings. The SMILES string of the molecule is NCCNC(=O)CS(=O)c1cccc(C(F)(F)F)c1. The summed E-state index contributed by atoms with van der Waals surface area (Å²) in [5.74, 6) is -0.900. The predicted octanol–water partition coefficient (Wildman–Crippen LogP) is 0.888. The zero-order valence-corrected chi connectivity index (χ0v) is 10.7. The van der Waals surface area contributed by atoms with Crippen molar-refractivity contribution in [3.05, 3.63) is 29.8 Å². The summed E-state index contributed by atoms with van der Waals surface area (Å²) in [5, 5.41) is 2.40. The van der Waals surface area contributed by atoms with E-state index in [0.29, 0.717) is 0 Å². The number of nitrogens with two attached hydrogens (primary N) is 1. The van der Waals surface area contributed by atoms with Gasteiger partial charge in [0.25, 0.3) is 0 Å². The van der Waals surface area contributed by atoms with Crippen LogP contribution in [0.5, 0.6) is 0 Å². The van der Waals surface area contributed by atoms with Crippen LogP contribution in [0.3, 0.4) is 0 Å². The number of benzene rings is 1. The Bertz CT molecular complexity index is 477. The van der Waals surface area contributed by atoms with E-state index >= 15 is 0 Å². The van der Waals surface area contributed by atoms with Gasteiger partial charge in [0, 0.05) is 18.0 Å². The largest absolute Gasteiger partial charge is 0.416 e. The fourth-order valence-electron chi connectivity index (χ4n) is 1.28. The van der Waals surface area contributed by atoms with Crippen LogP contribution in [-0.2, 0) is 21.8 Å². The molecule has 1 aromatic carbocycles. The second-order valence-corrected chi connectivity index (χ2v) is 5.11. The van der Waals surface area contributed by atoms with Crippen molar-refractivity contribution in [1.29, 1.82) is 0 Å². The molecule has 0 radical (unpaired) electrons. The maximum atomic E-state index is 12.5. The van der Waals surface area contributed by atoms with Gasteiger partial charge in [-0.25, -0.2) is 0 Å². The monoisotopic (exact) mass is 294 g/mol. The Morgan fingerprint density at radius 3 is 2.63 bits per heavy atom. The Morgan fingerprint density at radius 1 is 1.37 bits per heavy atom. The predicted molar refractivity (Wildman–Crippen MR) is 64.8 cm³/mol. The molecular formula is C11H13F3N2O2S. The molecule has 0 saturated heterocycles. The topological polar surface area (TPSA) is 72.2 Å². The van der Waals surface area contributed by atoms with Gasteiger partial charge in [-0.15, -0.1) is 0 Å². The molecule has 0 heterocycles. The van der Waals surface area contributed by atoms with Gasteiger partial charge in [0.15, 0.2) is 0 Å². The first-order valence-corrected chi connectivity index (χ1v) is 6.69. The Hall–Kier alpha value is -1.41. The smallest absolute Gasteiger partial charge is 0.354 e.